The van der Waals surface area contributed by atoms with Crippen LogP contribution in [0.15, 0.2) is 0 Å². The molecule has 3 atom stereocenters. The first-order valence-corrected chi connectivity index (χ1v) is 6.63. The number of rotatable bonds is 2. The van der Waals surface area contributed by atoms with E-state index in [2.05, 4.69) is 37.4 Å². The average Bonchev–Trinajstić information content (AvgIpc) is 2.62. The number of thioether (sulfide) groups is 1. The number of fused-ring (bicyclic) bond motifs is 2. The number of hydrogen-bond acceptors (Lipinski definition) is 3. The summed E-state index contributed by atoms with van der Waals surface area (Å²) < 4.78 is 0. The van der Waals surface area contributed by atoms with Gasteiger partial charge in [-0.15, -0.1) is 0 Å². The Balaban J connectivity index is 1.87. The van der Waals surface area contributed by atoms with E-state index < -0.39 is 0 Å². The number of nitrogens with two attached hydrogens (primary N) is 1. The first-order valence-electron chi connectivity index (χ1n) is 5.58. The summed E-state index contributed by atoms with van der Waals surface area (Å²) >= 11 is 2.15. The highest BCUT2D eigenvalue weighted by molar-refractivity contribution is 8.00. The van der Waals surface area contributed by atoms with Gasteiger partial charge in [-0.3, -0.25) is 4.90 Å². The molecule has 2 fully saturated rings. The maximum absolute atomic E-state index is 6.21. The molecule has 2 aliphatic heterocycles. The third kappa shape index (κ3) is 2.10. The fraction of sp³-hybridized carbons (Fsp3) is 1.00. The predicted molar refractivity (Wildman–Crippen MR) is 63.7 cm³/mol. The zero-order chi connectivity index (χ0) is 10.3. The van der Waals surface area contributed by atoms with Crippen LogP contribution in [0, 0.1) is 5.41 Å². The van der Waals surface area contributed by atoms with Crippen molar-refractivity contribution in [2.45, 2.75) is 44.5 Å². The zero-order valence-corrected chi connectivity index (χ0v) is 10.3. The molecule has 14 heavy (non-hydrogen) atoms. The average molecular weight is 214 g/mol. The molecule has 3 heteroatoms. The van der Waals surface area contributed by atoms with E-state index in [9.17, 15) is 0 Å². The Morgan fingerprint density at radius 1 is 1.50 bits per heavy atom. The molecule has 82 valence electrons. The largest absolute Gasteiger partial charge is 0.326 e. The van der Waals surface area contributed by atoms with Gasteiger partial charge in [-0.1, -0.05) is 20.8 Å². The third-order valence-electron chi connectivity index (χ3n) is 3.56. The van der Waals surface area contributed by atoms with Crippen molar-refractivity contribution >= 4 is 11.8 Å². The standard InChI is InChI=1S/C11H22N2S/c1-11(2,3)10(12)6-13-5-9-4-8(13)7-14-9/h8-10H,4-7,12H2,1-3H3. The van der Waals surface area contributed by atoms with Crippen LogP contribution in [0.2, 0.25) is 0 Å². The molecule has 0 aliphatic carbocycles. The summed E-state index contributed by atoms with van der Waals surface area (Å²) in [5, 5.41) is 0.909. The van der Waals surface area contributed by atoms with Crippen LogP contribution in [0.5, 0.6) is 0 Å². The summed E-state index contributed by atoms with van der Waals surface area (Å²) in [4.78, 5) is 2.61. The Morgan fingerprint density at radius 2 is 2.21 bits per heavy atom. The minimum atomic E-state index is 0.245. The minimum absolute atomic E-state index is 0.245. The molecule has 0 aromatic carbocycles. The molecule has 0 aromatic heterocycles. The van der Waals surface area contributed by atoms with Gasteiger partial charge in [0.25, 0.3) is 0 Å². The second-order valence-electron chi connectivity index (χ2n) is 5.77. The van der Waals surface area contributed by atoms with E-state index in [1.54, 1.807) is 0 Å². The summed E-state index contributed by atoms with van der Waals surface area (Å²) in [7, 11) is 0. The van der Waals surface area contributed by atoms with Gasteiger partial charge < -0.3 is 5.73 Å². The van der Waals surface area contributed by atoms with Gasteiger partial charge in [0.05, 0.1) is 0 Å². The third-order valence-corrected chi connectivity index (χ3v) is 4.95. The lowest BCUT2D eigenvalue weighted by atomic mass is 9.87. The van der Waals surface area contributed by atoms with Gasteiger partial charge in [-0.2, -0.15) is 11.8 Å². The smallest absolute Gasteiger partial charge is 0.0217 e. The second kappa shape index (κ2) is 3.69. The van der Waals surface area contributed by atoms with E-state index in [1.807, 2.05) is 0 Å². The highest BCUT2D eigenvalue weighted by Crippen LogP contribution is 2.37. The summed E-state index contributed by atoms with van der Waals surface area (Å²) in [6.45, 7) is 9.08. The number of likely N-dealkylation sites (tertiary alicyclic amines) is 1. The van der Waals surface area contributed by atoms with E-state index in [-0.39, 0.29) is 5.41 Å². The molecule has 0 amide bonds. The number of nitrogens with zero attached hydrogens (tertiary/aromatic N) is 1. The molecule has 2 aliphatic rings. The summed E-state index contributed by atoms with van der Waals surface area (Å²) in [6, 6.07) is 1.14. The van der Waals surface area contributed by atoms with Crippen molar-refractivity contribution in [2.24, 2.45) is 11.1 Å². The van der Waals surface area contributed by atoms with Crippen molar-refractivity contribution in [3.63, 3.8) is 0 Å². The molecule has 2 saturated heterocycles. The van der Waals surface area contributed by atoms with Crippen molar-refractivity contribution in [3.05, 3.63) is 0 Å². The minimum Gasteiger partial charge on any atom is -0.326 e. The van der Waals surface area contributed by atoms with Gasteiger partial charge in [0.15, 0.2) is 0 Å². The first-order chi connectivity index (χ1) is 6.47. The Labute approximate surface area is 91.6 Å². The Morgan fingerprint density at radius 3 is 2.64 bits per heavy atom. The normalized spacial score (nSPS) is 35.1. The van der Waals surface area contributed by atoms with Gasteiger partial charge in [-0.25, -0.2) is 0 Å². The topological polar surface area (TPSA) is 29.3 Å². The van der Waals surface area contributed by atoms with Crippen molar-refractivity contribution in [2.75, 3.05) is 18.8 Å². The van der Waals surface area contributed by atoms with Crippen LogP contribution in [-0.2, 0) is 0 Å². The van der Waals surface area contributed by atoms with Gasteiger partial charge in [0.2, 0.25) is 0 Å². The van der Waals surface area contributed by atoms with Crippen LogP contribution in [-0.4, -0.2) is 41.1 Å². The van der Waals surface area contributed by atoms with Crippen LogP contribution in [0.25, 0.3) is 0 Å². The quantitative estimate of drug-likeness (QED) is 0.756. The molecular weight excluding hydrogens is 192 g/mol. The van der Waals surface area contributed by atoms with E-state index in [0.717, 1.165) is 17.8 Å². The lowest BCUT2D eigenvalue weighted by Crippen LogP contribution is -2.48. The molecule has 0 spiro atoms. The molecule has 2 heterocycles. The molecule has 2 nitrogen and oxygen atoms in total. The van der Waals surface area contributed by atoms with Crippen LogP contribution in [0.1, 0.15) is 27.2 Å². The van der Waals surface area contributed by atoms with Crippen LogP contribution < -0.4 is 5.73 Å². The summed E-state index contributed by atoms with van der Waals surface area (Å²) in [6.07, 6.45) is 1.40. The monoisotopic (exact) mass is 214 g/mol. The zero-order valence-electron chi connectivity index (χ0n) is 9.49. The van der Waals surface area contributed by atoms with Gasteiger partial charge in [0, 0.05) is 36.2 Å². The van der Waals surface area contributed by atoms with Crippen molar-refractivity contribution < 1.29 is 0 Å². The van der Waals surface area contributed by atoms with Crippen LogP contribution >= 0.6 is 11.8 Å². The Kier molecular flexibility index (Phi) is 2.84. The SMILES string of the molecule is CC(C)(C)C(N)CN1CC2CC1CS2. The molecule has 0 saturated carbocycles. The molecule has 2 N–H and O–H groups in total. The second-order valence-corrected chi connectivity index (χ2v) is 7.10. The van der Waals surface area contributed by atoms with Crippen molar-refractivity contribution in [1.29, 1.82) is 0 Å². The van der Waals surface area contributed by atoms with Crippen molar-refractivity contribution in [3.8, 4) is 0 Å². The fourth-order valence-corrected chi connectivity index (χ4v) is 3.73. The molecule has 2 rings (SSSR count). The van der Waals surface area contributed by atoms with Crippen LogP contribution in [0.3, 0.4) is 0 Å². The predicted octanol–water partition coefficient (Wildman–Crippen LogP) is 1.55. The van der Waals surface area contributed by atoms with Gasteiger partial charge in [-0.05, 0) is 11.8 Å². The van der Waals surface area contributed by atoms with E-state index >= 15 is 0 Å². The molecule has 2 bridgehead atoms. The highest BCUT2D eigenvalue weighted by atomic mass is 32.2. The first kappa shape index (κ1) is 10.8. The van der Waals surface area contributed by atoms with E-state index in [0.29, 0.717) is 6.04 Å². The molecule has 0 aromatic rings. The van der Waals surface area contributed by atoms with Gasteiger partial charge >= 0.3 is 0 Å². The summed E-state index contributed by atoms with van der Waals surface area (Å²) in [5.74, 6) is 1.33. The maximum atomic E-state index is 6.21. The maximum Gasteiger partial charge on any atom is 0.0217 e. The van der Waals surface area contributed by atoms with Gasteiger partial charge in [0.1, 0.15) is 0 Å². The molecule has 3 unspecified atom stereocenters. The lowest BCUT2D eigenvalue weighted by molar-refractivity contribution is 0.195. The Bertz CT molecular complexity index is 212. The van der Waals surface area contributed by atoms with E-state index in [4.69, 9.17) is 5.73 Å². The summed E-state index contributed by atoms with van der Waals surface area (Å²) in [5.41, 5.74) is 6.46. The van der Waals surface area contributed by atoms with Crippen molar-refractivity contribution in [1.82, 2.24) is 4.90 Å². The molecule has 0 radical (unpaired) electrons. The number of hydrogen-bond donors (Lipinski definition) is 1. The highest BCUT2D eigenvalue weighted by Gasteiger charge is 2.39. The van der Waals surface area contributed by atoms with E-state index in [1.165, 1.54) is 18.7 Å². The lowest BCUT2D eigenvalue weighted by Gasteiger charge is -2.34. The fourth-order valence-electron chi connectivity index (χ4n) is 2.23. The Hall–Kier alpha value is 0.270. The molecular formula is C11H22N2S. The van der Waals surface area contributed by atoms with Crippen LogP contribution in [0.4, 0.5) is 0 Å².